The molecule has 1 fully saturated rings. The Bertz CT molecular complexity index is 692. The van der Waals surface area contributed by atoms with Gasteiger partial charge in [-0.25, -0.2) is 0 Å². The molecule has 0 atom stereocenters. The van der Waals surface area contributed by atoms with E-state index in [4.69, 9.17) is 4.74 Å². The molecule has 4 nitrogen and oxygen atoms in total. The maximum absolute atomic E-state index is 12.6. The van der Waals surface area contributed by atoms with Gasteiger partial charge >= 0.3 is 0 Å². The van der Waals surface area contributed by atoms with Crippen LogP contribution in [0, 0.1) is 6.92 Å². The van der Waals surface area contributed by atoms with Crippen molar-refractivity contribution < 1.29 is 14.6 Å². The molecular formula is C20H23NO3. The molecule has 0 radical (unpaired) electrons. The summed E-state index contributed by atoms with van der Waals surface area (Å²) in [4.78, 5) is 14.5. The second-order valence-electron chi connectivity index (χ2n) is 6.29. The number of carbonyl (C=O) groups is 1. The van der Waals surface area contributed by atoms with Crippen LogP contribution in [0.5, 0.6) is 5.75 Å². The Hall–Kier alpha value is -2.33. The van der Waals surface area contributed by atoms with E-state index < -0.39 is 0 Å². The Balaban J connectivity index is 1.63. The molecule has 2 aromatic rings. The lowest BCUT2D eigenvalue weighted by Gasteiger charge is -2.23. The fourth-order valence-electron chi connectivity index (χ4n) is 2.69. The number of carbonyl (C=O) groups excluding carboxylic acids is 1. The lowest BCUT2D eigenvalue weighted by molar-refractivity contribution is -0.134. The second-order valence-corrected chi connectivity index (χ2v) is 6.29. The van der Waals surface area contributed by atoms with Crippen molar-refractivity contribution in [3.63, 3.8) is 0 Å². The van der Waals surface area contributed by atoms with Gasteiger partial charge in [-0.3, -0.25) is 4.79 Å². The van der Waals surface area contributed by atoms with Crippen LogP contribution < -0.4 is 4.74 Å². The van der Waals surface area contributed by atoms with Crippen molar-refractivity contribution in [2.24, 2.45) is 0 Å². The van der Waals surface area contributed by atoms with Gasteiger partial charge < -0.3 is 14.7 Å². The zero-order valence-corrected chi connectivity index (χ0v) is 13.9. The van der Waals surface area contributed by atoms with Crippen LogP contribution in [0.1, 0.15) is 29.5 Å². The van der Waals surface area contributed by atoms with Crippen LogP contribution in [0.15, 0.2) is 48.5 Å². The molecule has 0 bridgehead atoms. The number of aliphatic hydroxyl groups excluding tert-OH is 1. The van der Waals surface area contributed by atoms with Crippen molar-refractivity contribution in [1.82, 2.24) is 4.90 Å². The predicted molar refractivity (Wildman–Crippen MR) is 92.6 cm³/mol. The number of hydrogen-bond acceptors (Lipinski definition) is 3. The Morgan fingerprint density at radius 3 is 2.54 bits per heavy atom. The van der Waals surface area contributed by atoms with E-state index in [1.165, 1.54) is 5.56 Å². The van der Waals surface area contributed by atoms with Crippen LogP contribution in [0.3, 0.4) is 0 Å². The molecule has 0 aliphatic heterocycles. The molecule has 1 N–H and O–H groups in total. The van der Waals surface area contributed by atoms with E-state index in [0.29, 0.717) is 23.9 Å². The van der Waals surface area contributed by atoms with Gasteiger partial charge in [-0.05, 0) is 31.4 Å². The summed E-state index contributed by atoms with van der Waals surface area (Å²) < 4.78 is 5.65. The molecule has 1 aliphatic carbocycles. The van der Waals surface area contributed by atoms with E-state index in [1.54, 1.807) is 12.1 Å². The molecule has 0 spiro atoms. The Morgan fingerprint density at radius 2 is 1.88 bits per heavy atom. The highest BCUT2D eigenvalue weighted by molar-refractivity contribution is 5.78. The Morgan fingerprint density at radius 1 is 1.17 bits per heavy atom. The van der Waals surface area contributed by atoms with Gasteiger partial charge in [0.05, 0.1) is 6.61 Å². The number of aryl methyl sites for hydroxylation is 1. The van der Waals surface area contributed by atoms with Gasteiger partial charge in [-0.1, -0.05) is 48.0 Å². The molecule has 1 amide bonds. The lowest BCUT2D eigenvalue weighted by Crippen LogP contribution is -2.36. The fraction of sp³-hybridized carbons (Fsp3) is 0.350. The van der Waals surface area contributed by atoms with E-state index in [9.17, 15) is 9.90 Å². The van der Waals surface area contributed by atoms with Crippen LogP contribution in [0.4, 0.5) is 0 Å². The lowest BCUT2D eigenvalue weighted by atomic mass is 10.1. The number of hydrogen-bond donors (Lipinski definition) is 1. The van der Waals surface area contributed by atoms with Gasteiger partial charge in [0, 0.05) is 18.2 Å². The summed E-state index contributed by atoms with van der Waals surface area (Å²) in [6.07, 6.45) is 2.12. The highest BCUT2D eigenvalue weighted by atomic mass is 16.5. The number of nitrogens with zero attached hydrogens (tertiary/aromatic N) is 1. The van der Waals surface area contributed by atoms with E-state index in [0.717, 1.165) is 18.4 Å². The molecule has 1 saturated carbocycles. The molecule has 0 heterocycles. The zero-order valence-electron chi connectivity index (χ0n) is 13.9. The maximum Gasteiger partial charge on any atom is 0.261 e. The topological polar surface area (TPSA) is 49.8 Å². The van der Waals surface area contributed by atoms with E-state index in [-0.39, 0.29) is 19.1 Å². The van der Waals surface area contributed by atoms with Gasteiger partial charge in [-0.2, -0.15) is 0 Å². The van der Waals surface area contributed by atoms with E-state index >= 15 is 0 Å². The largest absolute Gasteiger partial charge is 0.483 e. The monoisotopic (exact) mass is 325 g/mol. The number of para-hydroxylation sites is 1. The molecule has 1 aliphatic rings. The number of aliphatic hydroxyl groups is 1. The third kappa shape index (κ3) is 4.15. The molecule has 126 valence electrons. The van der Waals surface area contributed by atoms with Crippen molar-refractivity contribution in [3.8, 4) is 5.75 Å². The highest BCUT2D eigenvalue weighted by Crippen LogP contribution is 2.29. The summed E-state index contributed by atoms with van der Waals surface area (Å²) in [6.45, 7) is 2.58. The van der Waals surface area contributed by atoms with E-state index in [1.807, 2.05) is 17.0 Å². The van der Waals surface area contributed by atoms with Crippen molar-refractivity contribution in [1.29, 1.82) is 0 Å². The quantitative estimate of drug-likeness (QED) is 0.851. The van der Waals surface area contributed by atoms with Crippen LogP contribution in [0.25, 0.3) is 0 Å². The Kier molecular flexibility index (Phi) is 5.16. The predicted octanol–water partition coefficient (Wildman–Crippen LogP) is 3.06. The minimum absolute atomic E-state index is 0.000620. The Labute approximate surface area is 142 Å². The van der Waals surface area contributed by atoms with Crippen LogP contribution in [0.2, 0.25) is 0 Å². The second kappa shape index (κ2) is 7.49. The summed E-state index contributed by atoms with van der Waals surface area (Å²) in [7, 11) is 0. The van der Waals surface area contributed by atoms with Gasteiger partial charge in [0.25, 0.3) is 5.91 Å². The van der Waals surface area contributed by atoms with Gasteiger partial charge in [0.15, 0.2) is 6.61 Å². The van der Waals surface area contributed by atoms with Crippen LogP contribution in [-0.2, 0) is 17.9 Å². The molecule has 4 heteroatoms. The van der Waals surface area contributed by atoms with Crippen molar-refractivity contribution in [2.75, 3.05) is 6.61 Å². The van der Waals surface area contributed by atoms with Crippen molar-refractivity contribution in [2.45, 2.75) is 39.0 Å². The smallest absolute Gasteiger partial charge is 0.261 e. The first-order valence-electron chi connectivity index (χ1n) is 8.34. The maximum atomic E-state index is 12.6. The van der Waals surface area contributed by atoms with Gasteiger partial charge in [0.2, 0.25) is 0 Å². The third-order valence-electron chi connectivity index (χ3n) is 4.28. The van der Waals surface area contributed by atoms with Crippen LogP contribution in [-0.4, -0.2) is 28.6 Å². The average Bonchev–Trinajstić information content (AvgIpc) is 3.44. The first-order valence-corrected chi connectivity index (χ1v) is 8.34. The standard InChI is InChI=1S/C20H23NO3/c1-15-6-8-16(9-7-15)12-21(18-10-11-18)20(23)14-24-19-5-3-2-4-17(19)13-22/h2-9,18,22H,10-14H2,1H3. The number of ether oxygens (including phenoxy) is 1. The first kappa shape index (κ1) is 16.5. The molecule has 2 aromatic carbocycles. The minimum atomic E-state index is -0.0972. The average molecular weight is 325 g/mol. The zero-order chi connectivity index (χ0) is 16.9. The van der Waals surface area contributed by atoms with Crippen molar-refractivity contribution >= 4 is 5.91 Å². The number of benzene rings is 2. The van der Waals surface area contributed by atoms with Gasteiger partial charge in [-0.15, -0.1) is 0 Å². The normalized spacial score (nSPS) is 13.6. The minimum Gasteiger partial charge on any atom is -0.483 e. The SMILES string of the molecule is Cc1ccc(CN(C(=O)COc2ccccc2CO)C2CC2)cc1. The molecule has 0 aromatic heterocycles. The summed E-state index contributed by atoms with van der Waals surface area (Å²) in [5.41, 5.74) is 3.05. The summed E-state index contributed by atoms with van der Waals surface area (Å²) in [5, 5.41) is 9.33. The van der Waals surface area contributed by atoms with Crippen LogP contribution >= 0.6 is 0 Å². The number of amides is 1. The molecule has 0 saturated heterocycles. The van der Waals surface area contributed by atoms with E-state index in [2.05, 4.69) is 31.2 Å². The molecule has 24 heavy (non-hydrogen) atoms. The van der Waals surface area contributed by atoms with Crippen molar-refractivity contribution in [3.05, 3.63) is 65.2 Å². The molecular weight excluding hydrogens is 302 g/mol. The molecule has 3 rings (SSSR count). The number of rotatable bonds is 7. The molecule has 0 unspecified atom stereocenters. The third-order valence-corrected chi connectivity index (χ3v) is 4.28. The summed E-state index contributed by atoms with van der Waals surface area (Å²) in [5.74, 6) is 0.560. The first-order chi connectivity index (χ1) is 11.7. The summed E-state index contributed by atoms with van der Waals surface area (Å²) in [6, 6.07) is 15.9. The highest BCUT2D eigenvalue weighted by Gasteiger charge is 2.32. The fourth-order valence-corrected chi connectivity index (χ4v) is 2.69. The summed E-state index contributed by atoms with van der Waals surface area (Å²) >= 11 is 0. The van der Waals surface area contributed by atoms with Gasteiger partial charge in [0.1, 0.15) is 5.75 Å².